The van der Waals surface area contributed by atoms with E-state index in [2.05, 4.69) is 10.2 Å². The molecule has 126 valence electrons. The van der Waals surface area contributed by atoms with Crippen LogP contribution < -0.4 is 10.1 Å². The average molecular weight is 338 g/mol. The van der Waals surface area contributed by atoms with E-state index in [4.69, 9.17) is 16.3 Å². The van der Waals surface area contributed by atoms with Gasteiger partial charge in [0.1, 0.15) is 12.4 Å². The Bertz CT molecular complexity index is 526. The highest BCUT2D eigenvalue weighted by molar-refractivity contribution is 6.32. The van der Waals surface area contributed by atoms with Crippen LogP contribution in [0.4, 0.5) is 0 Å². The van der Waals surface area contributed by atoms with Crippen LogP contribution in [0.15, 0.2) is 24.3 Å². The van der Waals surface area contributed by atoms with Gasteiger partial charge in [0, 0.05) is 32.7 Å². The Morgan fingerprint density at radius 2 is 2.04 bits per heavy atom. The van der Waals surface area contributed by atoms with E-state index in [1.54, 1.807) is 0 Å². The summed E-state index contributed by atoms with van der Waals surface area (Å²) in [5.74, 6) is 1.00. The van der Waals surface area contributed by atoms with E-state index < -0.39 is 0 Å². The molecule has 1 amide bonds. The molecule has 3 rings (SSSR count). The summed E-state index contributed by atoms with van der Waals surface area (Å²) >= 11 is 6.07. The zero-order valence-electron chi connectivity index (χ0n) is 13.3. The molecule has 23 heavy (non-hydrogen) atoms. The zero-order valence-corrected chi connectivity index (χ0v) is 14.1. The highest BCUT2D eigenvalue weighted by Crippen LogP contribution is 2.22. The minimum absolute atomic E-state index is 0.0464. The predicted octanol–water partition coefficient (Wildman–Crippen LogP) is 1.61. The van der Waals surface area contributed by atoms with E-state index in [1.165, 1.54) is 0 Å². The monoisotopic (exact) mass is 337 g/mol. The maximum Gasteiger partial charge on any atom is 0.239 e. The van der Waals surface area contributed by atoms with Crippen molar-refractivity contribution >= 4 is 17.5 Å². The van der Waals surface area contributed by atoms with Crippen molar-refractivity contribution in [3.63, 3.8) is 0 Å². The predicted molar refractivity (Wildman–Crippen MR) is 91.0 cm³/mol. The van der Waals surface area contributed by atoms with Crippen molar-refractivity contribution in [2.75, 3.05) is 45.9 Å². The Balaban J connectivity index is 1.37. The number of ether oxygens (including phenoxy) is 1. The van der Waals surface area contributed by atoms with Crippen LogP contribution in [-0.4, -0.2) is 67.6 Å². The number of carbonyl (C=O) groups is 1. The first-order valence-electron chi connectivity index (χ1n) is 8.36. The van der Waals surface area contributed by atoms with Gasteiger partial charge in [0.25, 0.3) is 0 Å². The van der Waals surface area contributed by atoms with Gasteiger partial charge in [-0.1, -0.05) is 23.7 Å². The number of nitrogens with zero attached hydrogens (tertiary/aromatic N) is 2. The van der Waals surface area contributed by atoms with Crippen LogP contribution in [0.25, 0.3) is 0 Å². The maximum absolute atomic E-state index is 12.3. The van der Waals surface area contributed by atoms with Gasteiger partial charge in [-0.25, -0.2) is 0 Å². The highest BCUT2D eigenvalue weighted by atomic mass is 35.5. The first-order chi connectivity index (χ1) is 11.2. The Hall–Kier alpha value is -1.30. The highest BCUT2D eigenvalue weighted by Gasteiger charge is 2.28. The van der Waals surface area contributed by atoms with E-state index >= 15 is 0 Å². The number of benzene rings is 1. The Morgan fingerprint density at radius 3 is 2.74 bits per heavy atom. The lowest BCUT2D eigenvalue weighted by atomic mass is 10.2. The Labute approximate surface area is 142 Å². The summed E-state index contributed by atoms with van der Waals surface area (Å²) in [6.45, 7) is 5.87. The molecule has 2 fully saturated rings. The fourth-order valence-electron chi connectivity index (χ4n) is 3.15. The molecule has 1 aromatic rings. The van der Waals surface area contributed by atoms with Crippen molar-refractivity contribution < 1.29 is 9.53 Å². The summed E-state index contributed by atoms with van der Waals surface area (Å²) in [6.07, 6.45) is 2.08. The Morgan fingerprint density at radius 1 is 1.26 bits per heavy atom. The quantitative estimate of drug-likeness (QED) is 0.886. The largest absolute Gasteiger partial charge is 0.491 e. The number of hydrogen-bond donors (Lipinski definition) is 1. The van der Waals surface area contributed by atoms with Gasteiger partial charge in [-0.15, -0.1) is 0 Å². The summed E-state index contributed by atoms with van der Waals surface area (Å²) < 4.78 is 5.73. The van der Waals surface area contributed by atoms with Crippen molar-refractivity contribution in [2.45, 2.75) is 18.9 Å². The third kappa shape index (κ3) is 4.37. The molecule has 1 aromatic carbocycles. The van der Waals surface area contributed by atoms with Crippen molar-refractivity contribution in [1.82, 2.24) is 15.1 Å². The molecule has 6 heteroatoms. The molecule has 2 aliphatic heterocycles. The summed E-state index contributed by atoms with van der Waals surface area (Å²) in [7, 11) is 0. The fraction of sp³-hybridized carbons (Fsp3) is 0.588. The van der Waals surface area contributed by atoms with Gasteiger partial charge in [0.15, 0.2) is 0 Å². The van der Waals surface area contributed by atoms with Crippen LogP contribution in [0.5, 0.6) is 5.75 Å². The molecular formula is C17H24ClN3O2. The molecule has 0 saturated carbocycles. The number of nitrogens with one attached hydrogen (secondary N) is 1. The molecule has 0 radical (unpaired) electrons. The summed E-state index contributed by atoms with van der Waals surface area (Å²) in [5, 5.41) is 3.93. The van der Waals surface area contributed by atoms with Crippen LogP contribution >= 0.6 is 11.6 Å². The van der Waals surface area contributed by atoms with Crippen molar-refractivity contribution in [3.05, 3.63) is 29.3 Å². The molecule has 0 aliphatic carbocycles. The third-order valence-electron chi connectivity index (χ3n) is 4.54. The minimum Gasteiger partial charge on any atom is -0.491 e. The molecule has 0 aromatic heterocycles. The second-order valence-electron chi connectivity index (χ2n) is 6.09. The molecule has 0 bridgehead atoms. The fourth-order valence-corrected chi connectivity index (χ4v) is 3.34. The Kier molecular flexibility index (Phi) is 5.75. The number of halogens is 1. The van der Waals surface area contributed by atoms with E-state index in [-0.39, 0.29) is 11.9 Å². The maximum atomic E-state index is 12.3. The number of para-hydroxylation sites is 1. The van der Waals surface area contributed by atoms with Crippen LogP contribution in [0.1, 0.15) is 12.8 Å². The third-order valence-corrected chi connectivity index (χ3v) is 4.86. The molecule has 1 atom stereocenters. The SMILES string of the molecule is O=C(C1CCCN1)N1CCN(CCOc2ccccc2Cl)CC1. The van der Waals surface area contributed by atoms with Crippen LogP contribution in [0, 0.1) is 0 Å². The van der Waals surface area contributed by atoms with Gasteiger partial charge >= 0.3 is 0 Å². The standard InChI is InChI=1S/C17H24ClN3O2/c18-14-4-1-2-6-16(14)23-13-12-20-8-10-21(11-9-20)17(22)15-5-3-7-19-15/h1-2,4,6,15,19H,3,5,7-13H2. The lowest BCUT2D eigenvalue weighted by Crippen LogP contribution is -2.53. The smallest absolute Gasteiger partial charge is 0.239 e. The van der Waals surface area contributed by atoms with Crippen molar-refractivity contribution in [3.8, 4) is 5.75 Å². The van der Waals surface area contributed by atoms with Crippen LogP contribution in [-0.2, 0) is 4.79 Å². The molecular weight excluding hydrogens is 314 g/mol. The van der Waals surface area contributed by atoms with Gasteiger partial charge in [-0.2, -0.15) is 0 Å². The number of amides is 1. The zero-order chi connectivity index (χ0) is 16.1. The van der Waals surface area contributed by atoms with Gasteiger partial charge in [0.05, 0.1) is 11.1 Å². The van der Waals surface area contributed by atoms with E-state index in [0.29, 0.717) is 11.6 Å². The topological polar surface area (TPSA) is 44.8 Å². The van der Waals surface area contributed by atoms with Gasteiger partial charge in [-0.05, 0) is 31.5 Å². The van der Waals surface area contributed by atoms with Crippen molar-refractivity contribution in [1.29, 1.82) is 0 Å². The second kappa shape index (κ2) is 7.99. The number of piperazine rings is 1. The van der Waals surface area contributed by atoms with Gasteiger partial charge in [-0.3, -0.25) is 9.69 Å². The van der Waals surface area contributed by atoms with E-state index in [9.17, 15) is 4.79 Å². The molecule has 1 unspecified atom stereocenters. The molecule has 0 spiro atoms. The molecule has 5 nitrogen and oxygen atoms in total. The number of rotatable bonds is 5. The van der Waals surface area contributed by atoms with Gasteiger partial charge in [0.2, 0.25) is 5.91 Å². The molecule has 2 aliphatic rings. The minimum atomic E-state index is 0.0464. The summed E-state index contributed by atoms with van der Waals surface area (Å²) in [4.78, 5) is 16.7. The van der Waals surface area contributed by atoms with Crippen molar-refractivity contribution in [2.24, 2.45) is 0 Å². The van der Waals surface area contributed by atoms with Gasteiger partial charge < -0.3 is 15.0 Å². The summed E-state index contributed by atoms with van der Waals surface area (Å²) in [5.41, 5.74) is 0. The number of carbonyl (C=O) groups excluding carboxylic acids is 1. The first-order valence-corrected chi connectivity index (χ1v) is 8.74. The second-order valence-corrected chi connectivity index (χ2v) is 6.50. The van der Waals surface area contributed by atoms with E-state index in [0.717, 1.165) is 57.9 Å². The lowest BCUT2D eigenvalue weighted by Gasteiger charge is -2.35. The number of hydrogen-bond acceptors (Lipinski definition) is 4. The molecule has 2 saturated heterocycles. The normalized spacial score (nSPS) is 22.3. The lowest BCUT2D eigenvalue weighted by molar-refractivity contribution is -0.134. The average Bonchev–Trinajstić information content (AvgIpc) is 3.11. The van der Waals surface area contributed by atoms with E-state index in [1.807, 2.05) is 29.2 Å². The molecule has 1 N–H and O–H groups in total. The summed E-state index contributed by atoms with van der Waals surface area (Å²) in [6, 6.07) is 7.57. The molecule has 2 heterocycles. The van der Waals surface area contributed by atoms with Crippen LogP contribution in [0.3, 0.4) is 0 Å². The van der Waals surface area contributed by atoms with Crippen LogP contribution in [0.2, 0.25) is 5.02 Å². The first kappa shape index (κ1) is 16.6.